The molecule has 0 atom stereocenters. The van der Waals surface area contributed by atoms with Crippen LogP contribution in [0.25, 0.3) is 17.3 Å². The Labute approximate surface area is 187 Å². The second-order valence-corrected chi connectivity index (χ2v) is 7.52. The Balaban J connectivity index is 1.54. The van der Waals surface area contributed by atoms with E-state index in [2.05, 4.69) is 16.1 Å². The molecule has 0 bridgehead atoms. The van der Waals surface area contributed by atoms with E-state index in [1.54, 1.807) is 39.5 Å². The van der Waals surface area contributed by atoms with E-state index in [4.69, 9.17) is 19.2 Å². The van der Waals surface area contributed by atoms with Crippen LogP contribution < -0.4 is 19.5 Å². The third kappa shape index (κ3) is 4.46. The third-order valence-electron chi connectivity index (χ3n) is 5.48. The van der Waals surface area contributed by atoms with Crippen molar-refractivity contribution in [2.75, 3.05) is 26.6 Å². The summed E-state index contributed by atoms with van der Waals surface area (Å²) < 4.78 is 18.3. The number of para-hydroxylation sites is 1. The van der Waals surface area contributed by atoms with Crippen molar-refractivity contribution in [1.82, 2.24) is 9.55 Å². The molecular weight excluding hydrogens is 406 g/mol. The summed E-state index contributed by atoms with van der Waals surface area (Å²) in [6.45, 7) is 0.994. The van der Waals surface area contributed by atoms with E-state index >= 15 is 0 Å². The number of aromatic nitrogens is 2. The quantitative estimate of drug-likeness (QED) is 0.553. The Kier molecular flexibility index (Phi) is 6.44. The largest absolute Gasteiger partial charge is 0.493 e. The van der Waals surface area contributed by atoms with Crippen LogP contribution in [-0.2, 0) is 17.8 Å². The molecule has 0 spiro atoms. The van der Waals surface area contributed by atoms with Crippen LogP contribution in [0.1, 0.15) is 24.2 Å². The first kappa shape index (κ1) is 21.5. The molecule has 1 aliphatic heterocycles. The number of anilines is 1. The zero-order chi connectivity index (χ0) is 22.5. The monoisotopic (exact) mass is 433 g/mol. The van der Waals surface area contributed by atoms with E-state index in [0.29, 0.717) is 17.2 Å². The minimum atomic E-state index is -0.241. The Bertz CT molecular complexity index is 1100. The number of imidazole rings is 1. The molecule has 1 amide bonds. The first-order valence-corrected chi connectivity index (χ1v) is 10.6. The van der Waals surface area contributed by atoms with Gasteiger partial charge in [0.2, 0.25) is 11.7 Å². The maximum atomic E-state index is 12.7. The van der Waals surface area contributed by atoms with Crippen molar-refractivity contribution >= 4 is 17.7 Å². The van der Waals surface area contributed by atoms with Gasteiger partial charge in [0.05, 0.1) is 32.7 Å². The number of benzene rings is 2. The minimum absolute atomic E-state index is 0.241. The topological polar surface area (TPSA) is 74.6 Å². The van der Waals surface area contributed by atoms with Gasteiger partial charge in [0.15, 0.2) is 11.5 Å². The van der Waals surface area contributed by atoms with Crippen molar-refractivity contribution in [3.8, 4) is 28.5 Å². The Morgan fingerprint density at radius 1 is 1.06 bits per heavy atom. The highest BCUT2D eigenvalue weighted by molar-refractivity contribution is 6.04. The number of amides is 1. The summed E-state index contributed by atoms with van der Waals surface area (Å²) in [6, 6.07) is 11.3. The summed E-state index contributed by atoms with van der Waals surface area (Å²) in [7, 11) is 4.67. The predicted molar refractivity (Wildman–Crippen MR) is 124 cm³/mol. The van der Waals surface area contributed by atoms with Crippen LogP contribution >= 0.6 is 0 Å². The Hall–Kier alpha value is -3.74. The summed E-state index contributed by atoms with van der Waals surface area (Å²) in [5, 5.41) is 2.98. The fraction of sp³-hybridized carbons (Fsp3) is 0.280. The van der Waals surface area contributed by atoms with Gasteiger partial charge in [-0.25, -0.2) is 4.98 Å². The molecule has 32 heavy (non-hydrogen) atoms. The van der Waals surface area contributed by atoms with E-state index in [0.717, 1.165) is 41.3 Å². The van der Waals surface area contributed by atoms with Crippen LogP contribution in [0.2, 0.25) is 0 Å². The molecule has 0 saturated carbocycles. The fourth-order valence-corrected chi connectivity index (χ4v) is 3.90. The SMILES string of the molecule is COc1cc(/C=C/C(=O)Nc2ccccc2-c2cn3c(n2)CCCC3)cc(OC)c1OC. The van der Waals surface area contributed by atoms with Gasteiger partial charge in [-0.1, -0.05) is 18.2 Å². The van der Waals surface area contributed by atoms with Crippen molar-refractivity contribution in [3.63, 3.8) is 0 Å². The maximum Gasteiger partial charge on any atom is 0.248 e. The lowest BCUT2D eigenvalue weighted by atomic mass is 10.1. The highest BCUT2D eigenvalue weighted by atomic mass is 16.5. The molecule has 7 nitrogen and oxygen atoms in total. The molecule has 1 aromatic heterocycles. The first-order valence-electron chi connectivity index (χ1n) is 10.6. The summed E-state index contributed by atoms with van der Waals surface area (Å²) in [6.07, 6.45) is 8.60. The smallest absolute Gasteiger partial charge is 0.248 e. The van der Waals surface area contributed by atoms with Crippen LogP contribution in [0.4, 0.5) is 5.69 Å². The van der Waals surface area contributed by atoms with E-state index in [9.17, 15) is 4.79 Å². The highest BCUT2D eigenvalue weighted by Gasteiger charge is 2.16. The molecule has 3 aromatic rings. The molecule has 4 rings (SSSR count). The number of aryl methyl sites for hydroxylation is 2. The van der Waals surface area contributed by atoms with Crippen LogP contribution in [-0.4, -0.2) is 36.8 Å². The molecule has 0 saturated heterocycles. The first-order chi connectivity index (χ1) is 15.6. The number of ether oxygens (including phenoxy) is 3. The van der Waals surface area contributed by atoms with Crippen molar-refractivity contribution in [2.24, 2.45) is 0 Å². The molecule has 2 aromatic carbocycles. The van der Waals surface area contributed by atoms with E-state index in [1.807, 2.05) is 24.3 Å². The second-order valence-electron chi connectivity index (χ2n) is 7.52. The van der Waals surface area contributed by atoms with E-state index in [-0.39, 0.29) is 5.91 Å². The summed E-state index contributed by atoms with van der Waals surface area (Å²) in [5.74, 6) is 2.43. The molecule has 0 unspecified atom stereocenters. The van der Waals surface area contributed by atoms with Crippen LogP contribution in [0, 0.1) is 0 Å². The van der Waals surface area contributed by atoms with E-state index < -0.39 is 0 Å². The molecule has 1 aliphatic rings. The van der Waals surface area contributed by atoms with Gasteiger partial charge in [-0.2, -0.15) is 0 Å². The average Bonchev–Trinajstić information content (AvgIpc) is 3.26. The Morgan fingerprint density at radius 2 is 1.81 bits per heavy atom. The van der Waals surface area contributed by atoms with Crippen LogP contribution in [0.15, 0.2) is 48.7 Å². The number of fused-ring (bicyclic) bond motifs is 1. The number of hydrogen-bond acceptors (Lipinski definition) is 5. The number of nitrogens with zero attached hydrogens (tertiary/aromatic N) is 2. The predicted octanol–water partition coefficient (Wildman–Crippen LogP) is 4.56. The molecule has 2 heterocycles. The van der Waals surface area contributed by atoms with Crippen molar-refractivity contribution < 1.29 is 19.0 Å². The molecule has 0 radical (unpaired) electrons. The second kappa shape index (κ2) is 9.60. The zero-order valence-corrected chi connectivity index (χ0v) is 18.6. The fourth-order valence-electron chi connectivity index (χ4n) is 3.90. The number of carbonyl (C=O) groups excluding carboxylic acids is 1. The molecular formula is C25H27N3O4. The average molecular weight is 434 g/mol. The Morgan fingerprint density at radius 3 is 2.50 bits per heavy atom. The standard InChI is InChI=1S/C25H27N3O4/c1-30-21-14-17(15-22(31-2)25(21)32-3)11-12-24(29)27-19-9-5-4-8-18(19)20-16-28-13-7-6-10-23(28)26-20/h4-5,8-9,11-12,14-16H,6-7,10,13H2,1-3H3,(H,27,29)/b12-11+. The van der Waals surface area contributed by atoms with Gasteiger partial charge < -0.3 is 24.1 Å². The van der Waals surface area contributed by atoms with Crippen LogP contribution in [0.5, 0.6) is 17.2 Å². The number of nitrogens with one attached hydrogen (secondary N) is 1. The normalized spacial score (nSPS) is 13.0. The maximum absolute atomic E-state index is 12.7. The van der Waals surface area contributed by atoms with Gasteiger partial charge in [0.25, 0.3) is 0 Å². The van der Waals surface area contributed by atoms with Gasteiger partial charge in [-0.3, -0.25) is 4.79 Å². The lowest BCUT2D eigenvalue weighted by Crippen LogP contribution is -2.09. The number of hydrogen-bond donors (Lipinski definition) is 1. The number of rotatable bonds is 7. The lowest BCUT2D eigenvalue weighted by molar-refractivity contribution is -0.111. The minimum Gasteiger partial charge on any atom is -0.493 e. The zero-order valence-electron chi connectivity index (χ0n) is 18.6. The molecule has 166 valence electrons. The van der Waals surface area contributed by atoms with Crippen LogP contribution in [0.3, 0.4) is 0 Å². The highest BCUT2D eigenvalue weighted by Crippen LogP contribution is 2.38. The van der Waals surface area contributed by atoms with Gasteiger partial charge in [0, 0.05) is 30.8 Å². The van der Waals surface area contributed by atoms with Crippen molar-refractivity contribution in [2.45, 2.75) is 25.8 Å². The van der Waals surface area contributed by atoms with Gasteiger partial charge in [-0.05, 0) is 42.7 Å². The van der Waals surface area contributed by atoms with Crippen molar-refractivity contribution in [1.29, 1.82) is 0 Å². The molecule has 1 N–H and O–H groups in total. The number of methoxy groups -OCH3 is 3. The molecule has 0 aliphatic carbocycles. The lowest BCUT2D eigenvalue weighted by Gasteiger charge is -2.12. The molecule has 0 fully saturated rings. The number of carbonyl (C=O) groups is 1. The van der Waals surface area contributed by atoms with Crippen molar-refractivity contribution in [3.05, 3.63) is 60.1 Å². The summed E-state index contributed by atoms with van der Waals surface area (Å²) >= 11 is 0. The summed E-state index contributed by atoms with van der Waals surface area (Å²) in [5.41, 5.74) is 3.27. The summed E-state index contributed by atoms with van der Waals surface area (Å²) in [4.78, 5) is 17.5. The van der Waals surface area contributed by atoms with E-state index in [1.165, 1.54) is 18.9 Å². The third-order valence-corrected chi connectivity index (χ3v) is 5.48. The van der Waals surface area contributed by atoms with Gasteiger partial charge in [0.1, 0.15) is 5.82 Å². The van der Waals surface area contributed by atoms with Gasteiger partial charge >= 0.3 is 0 Å². The van der Waals surface area contributed by atoms with Gasteiger partial charge in [-0.15, -0.1) is 0 Å². The molecule has 7 heteroatoms.